The number of carbonyl (C=O) groups is 1. The van der Waals surface area contributed by atoms with E-state index in [1.54, 1.807) is 14.0 Å². The molecular weight excluding hydrogens is 226 g/mol. The molecule has 0 aliphatic carbocycles. The van der Waals surface area contributed by atoms with Gasteiger partial charge in [0.15, 0.2) is 0 Å². The van der Waals surface area contributed by atoms with Crippen molar-refractivity contribution in [1.82, 2.24) is 5.32 Å². The first-order valence-corrected chi connectivity index (χ1v) is 5.28. The lowest BCUT2D eigenvalue weighted by Gasteiger charge is -2.06. The Hall–Kier alpha value is -1.92. The van der Waals surface area contributed by atoms with Crippen molar-refractivity contribution in [2.24, 2.45) is 0 Å². The molecule has 0 bridgehead atoms. The fraction of sp³-hybridized carbons (Fsp3) is 0.600. The van der Waals surface area contributed by atoms with Crippen molar-refractivity contribution in [2.75, 3.05) is 13.7 Å². The highest BCUT2D eigenvalue weighted by Crippen LogP contribution is 2.09. The van der Waals surface area contributed by atoms with Gasteiger partial charge in [0, 0.05) is 13.5 Å². The summed E-state index contributed by atoms with van der Waals surface area (Å²) in [6.45, 7) is 2.05. The predicted molar refractivity (Wildman–Crippen MR) is 62.3 cm³/mol. The summed E-state index contributed by atoms with van der Waals surface area (Å²) >= 11 is 0. The fourth-order valence-electron chi connectivity index (χ4n) is 1.27. The standard InChI is InChI=1S/C10H17N3O4/c1-3-17-10(14)6-4-5-8(12-2)9(7-11)13(15)16/h7,11-12H,3-6H2,1-2H3/b9-8+,11-7?. The number of allylic oxidation sites excluding steroid dienone is 2. The first-order chi connectivity index (χ1) is 8.06. The van der Waals surface area contributed by atoms with E-state index in [4.69, 9.17) is 10.1 Å². The van der Waals surface area contributed by atoms with Gasteiger partial charge in [-0.1, -0.05) is 0 Å². The van der Waals surface area contributed by atoms with E-state index in [0.717, 1.165) is 0 Å². The van der Waals surface area contributed by atoms with Crippen LogP contribution in [0.2, 0.25) is 0 Å². The number of hydrogen-bond donors (Lipinski definition) is 2. The number of hydrogen-bond acceptors (Lipinski definition) is 6. The van der Waals surface area contributed by atoms with Crippen molar-refractivity contribution in [3.63, 3.8) is 0 Å². The third-order valence-electron chi connectivity index (χ3n) is 2.06. The number of ether oxygens (including phenoxy) is 1. The zero-order valence-corrected chi connectivity index (χ0v) is 9.99. The maximum absolute atomic E-state index is 11.0. The van der Waals surface area contributed by atoms with Gasteiger partial charge >= 0.3 is 11.7 Å². The third kappa shape index (κ3) is 5.64. The van der Waals surface area contributed by atoms with Crippen molar-refractivity contribution >= 4 is 12.2 Å². The highest BCUT2D eigenvalue weighted by molar-refractivity contribution is 5.73. The van der Waals surface area contributed by atoms with E-state index >= 15 is 0 Å². The van der Waals surface area contributed by atoms with Crippen molar-refractivity contribution < 1.29 is 14.5 Å². The van der Waals surface area contributed by atoms with Crippen LogP contribution in [-0.4, -0.2) is 30.8 Å². The first-order valence-electron chi connectivity index (χ1n) is 5.28. The zero-order valence-electron chi connectivity index (χ0n) is 9.99. The zero-order chi connectivity index (χ0) is 13.3. The van der Waals surface area contributed by atoms with Crippen LogP contribution < -0.4 is 5.32 Å². The van der Waals surface area contributed by atoms with Gasteiger partial charge in [0.1, 0.15) is 0 Å². The Kier molecular flexibility index (Phi) is 7.32. The number of nitrogens with one attached hydrogen (secondary N) is 2. The molecule has 0 aromatic rings. The van der Waals surface area contributed by atoms with Crippen LogP contribution in [0.25, 0.3) is 0 Å². The molecule has 0 rings (SSSR count). The summed E-state index contributed by atoms with van der Waals surface area (Å²) in [5.74, 6) is -0.319. The molecule has 0 aromatic heterocycles. The topological polar surface area (TPSA) is 105 Å². The molecule has 7 nitrogen and oxygen atoms in total. The molecule has 0 heterocycles. The second kappa shape index (κ2) is 8.26. The van der Waals surface area contributed by atoms with E-state index in [1.165, 1.54) is 0 Å². The summed E-state index contributed by atoms with van der Waals surface area (Å²) in [6, 6.07) is 0. The molecule has 0 saturated carbocycles. The summed E-state index contributed by atoms with van der Waals surface area (Å²) in [5, 5.41) is 20.2. The molecule has 0 aliphatic rings. The number of esters is 1. The molecule has 7 heteroatoms. The van der Waals surface area contributed by atoms with E-state index in [-0.39, 0.29) is 18.1 Å². The van der Waals surface area contributed by atoms with Crippen LogP contribution in [0.3, 0.4) is 0 Å². The van der Waals surface area contributed by atoms with E-state index in [0.29, 0.717) is 31.4 Å². The largest absolute Gasteiger partial charge is 0.466 e. The van der Waals surface area contributed by atoms with E-state index in [1.807, 2.05) is 0 Å². The molecule has 0 atom stereocenters. The molecule has 2 N–H and O–H groups in total. The monoisotopic (exact) mass is 243 g/mol. The van der Waals surface area contributed by atoms with Crippen LogP contribution in [-0.2, 0) is 9.53 Å². The molecule has 0 aromatic carbocycles. The van der Waals surface area contributed by atoms with Crippen LogP contribution in [0.1, 0.15) is 26.2 Å². The Morgan fingerprint density at radius 1 is 1.53 bits per heavy atom. The Morgan fingerprint density at radius 3 is 2.59 bits per heavy atom. The average molecular weight is 243 g/mol. The van der Waals surface area contributed by atoms with Gasteiger partial charge in [-0.2, -0.15) is 0 Å². The summed E-state index contributed by atoms with van der Waals surface area (Å²) in [4.78, 5) is 21.0. The van der Waals surface area contributed by atoms with Gasteiger partial charge in [-0.15, -0.1) is 0 Å². The first kappa shape index (κ1) is 15.1. The smallest absolute Gasteiger partial charge is 0.305 e. The number of rotatable bonds is 8. The lowest BCUT2D eigenvalue weighted by atomic mass is 10.1. The van der Waals surface area contributed by atoms with E-state index in [9.17, 15) is 14.9 Å². The normalized spacial score (nSPS) is 11.4. The number of carbonyl (C=O) groups excluding carboxylic acids is 1. The van der Waals surface area contributed by atoms with Crippen molar-refractivity contribution in [2.45, 2.75) is 26.2 Å². The summed E-state index contributed by atoms with van der Waals surface area (Å²) < 4.78 is 4.74. The molecule has 0 aliphatic heterocycles. The second-order valence-electron chi connectivity index (χ2n) is 3.17. The van der Waals surface area contributed by atoms with E-state index in [2.05, 4.69) is 5.32 Å². The average Bonchev–Trinajstić information content (AvgIpc) is 2.27. The fourth-order valence-corrected chi connectivity index (χ4v) is 1.27. The SMILES string of the molecule is CCOC(=O)CCC/C(NC)=C(/C=N)[N+](=O)[O-]. The van der Waals surface area contributed by atoms with Gasteiger partial charge in [0.25, 0.3) is 0 Å². The summed E-state index contributed by atoms with van der Waals surface area (Å²) in [7, 11) is 1.55. The van der Waals surface area contributed by atoms with Gasteiger partial charge in [-0.25, -0.2) is 0 Å². The van der Waals surface area contributed by atoms with Crippen molar-refractivity contribution in [1.29, 1.82) is 5.41 Å². The molecule has 0 radical (unpaired) electrons. The van der Waals surface area contributed by atoms with Gasteiger partial charge in [0.2, 0.25) is 0 Å². The maximum atomic E-state index is 11.0. The Morgan fingerprint density at radius 2 is 2.18 bits per heavy atom. The minimum atomic E-state index is -0.622. The minimum absolute atomic E-state index is 0.210. The van der Waals surface area contributed by atoms with Crippen LogP contribution >= 0.6 is 0 Å². The summed E-state index contributed by atoms with van der Waals surface area (Å²) in [6.07, 6.45) is 1.68. The Bertz CT molecular complexity index is 326. The van der Waals surface area contributed by atoms with Crippen LogP contribution in [0.15, 0.2) is 11.4 Å². The molecule has 0 unspecified atom stereocenters. The van der Waals surface area contributed by atoms with Gasteiger partial charge in [0.05, 0.1) is 23.4 Å². The predicted octanol–water partition coefficient (Wildman–Crippen LogP) is 1.08. The number of nitro groups is 1. The molecule has 0 amide bonds. The van der Waals surface area contributed by atoms with Gasteiger partial charge in [-0.05, 0) is 19.8 Å². The quantitative estimate of drug-likeness (QED) is 0.287. The minimum Gasteiger partial charge on any atom is -0.466 e. The third-order valence-corrected chi connectivity index (χ3v) is 2.06. The maximum Gasteiger partial charge on any atom is 0.305 e. The summed E-state index contributed by atoms with van der Waals surface area (Å²) in [5.41, 5.74) is 0.0608. The highest BCUT2D eigenvalue weighted by atomic mass is 16.6. The molecular formula is C10H17N3O4. The van der Waals surface area contributed by atoms with Crippen LogP contribution in [0.5, 0.6) is 0 Å². The highest BCUT2D eigenvalue weighted by Gasteiger charge is 2.15. The lowest BCUT2D eigenvalue weighted by molar-refractivity contribution is -0.415. The van der Waals surface area contributed by atoms with Crippen molar-refractivity contribution in [3.05, 3.63) is 21.5 Å². The molecule has 0 saturated heterocycles. The molecule has 17 heavy (non-hydrogen) atoms. The van der Waals surface area contributed by atoms with Crippen molar-refractivity contribution in [3.8, 4) is 0 Å². The molecule has 96 valence electrons. The van der Waals surface area contributed by atoms with E-state index < -0.39 is 4.92 Å². The number of nitrogens with zero attached hydrogens (tertiary/aromatic N) is 1. The second-order valence-corrected chi connectivity index (χ2v) is 3.17. The van der Waals surface area contributed by atoms with Crippen LogP contribution in [0.4, 0.5) is 0 Å². The molecule has 0 spiro atoms. The lowest BCUT2D eigenvalue weighted by Crippen LogP contribution is -2.15. The van der Waals surface area contributed by atoms with Gasteiger partial charge < -0.3 is 15.5 Å². The van der Waals surface area contributed by atoms with Gasteiger partial charge in [-0.3, -0.25) is 14.9 Å². The molecule has 0 fully saturated rings. The Labute approximate surface area is 99.5 Å². The Balaban J connectivity index is 4.36. The van der Waals surface area contributed by atoms with Crippen LogP contribution in [0, 0.1) is 15.5 Å².